The van der Waals surface area contributed by atoms with Crippen molar-refractivity contribution in [2.24, 2.45) is 5.92 Å². The van der Waals surface area contributed by atoms with Crippen LogP contribution in [-0.4, -0.2) is 54.0 Å². The number of nitrogens with zero attached hydrogens (tertiary/aromatic N) is 2. The highest BCUT2D eigenvalue weighted by Gasteiger charge is 2.38. The van der Waals surface area contributed by atoms with Gasteiger partial charge in [0.25, 0.3) is 0 Å². The summed E-state index contributed by atoms with van der Waals surface area (Å²) in [6.07, 6.45) is 4.82. The molecular weight excluding hydrogens is 312 g/mol. The Labute approximate surface area is 142 Å². The predicted molar refractivity (Wildman–Crippen MR) is 89.8 cm³/mol. The first-order valence-electron chi connectivity index (χ1n) is 8.61. The van der Waals surface area contributed by atoms with Crippen molar-refractivity contribution in [2.75, 3.05) is 26.2 Å². The molecule has 0 spiro atoms. The molecular formula is C18H23ClN2O2. The van der Waals surface area contributed by atoms with E-state index in [0.29, 0.717) is 24.5 Å². The fraction of sp³-hybridized carbons (Fsp3) is 0.611. The smallest absolute Gasteiger partial charge is 0.224 e. The van der Waals surface area contributed by atoms with Crippen LogP contribution in [0.4, 0.5) is 0 Å². The molecule has 0 radical (unpaired) electrons. The molecule has 1 aliphatic carbocycles. The number of ether oxygens (including phenoxy) is 1. The highest BCUT2D eigenvalue weighted by molar-refractivity contribution is 6.30. The van der Waals surface area contributed by atoms with Gasteiger partial charge in [0.05, 0.1) is 13.1 Å². The van der Waals surface area contributed by atoms with Crippen LogP contribution in [0.3, 0.4) is 0 Å². The maximum Gasteiger partial charge on any atom is 0.224 e. The molecule has 2 saturated heterocycles. The minimum atomic E-state index is 0.0974. The van der Waals surface area contributed by atoms with Crippen molar-refractivity contribution in [3.05, 3.63) is 29.3 Å². The summed E-state index contributed by atoms with van der Waals surface area (Å²) in [6, 6.07) is 8.18. The number of amides is 1. The van der Waals surface area contributed by atoms with Gasteiger partial charge in [-0.3, -0.25) is 9.69 Å². The molecule has 4 rings (SSSR count). The van der Waals surface area contributed by atoms with E-state index in [9.17, 15) is 4.79 Å². The Morgan fingerprint density at radius 2 is 2.13 bits per heavy atom. The van der Waals surface area contributed by atoms with Crippen molar-refractivity contribution in [3.8, 4) is 5.75 Å². The van der Waals surface area contributed by atoms with Gasteiger partial charge < -0.3 is 9.64 Å². The summed E-state index contributed by atoms with van der Waals surface area (Å²) in [5.74, 6) is 1.94. The molecule has 2 heterocycles. The van der Waals surface area contributed by atoms with Gasteiger partial charge in [-0.05, 0) is 43.4 Å². The number of benzene rings is 1. The molecule has 3 fully saturated rings. The summed E-state index contributed by atoms with van der Waals surface area (Å²) in [5.41, 5.74) is 0. The van der Waals surface area contributed by atoms with Gasteiger partial charge in [0.2, 0.25) is 5.91 Å². The molecule has 0 aromatic heterocycles. The summed E-state index contributed by atoms with van der Waals surface area (Å²) in [6.45, 7) is 3.52. The molecule has 124 valence electrons. The van der Waals surface area contributed by atoms with Crippen LogP contribution in [0.1, 0.15) is 25.7 Å². The van der Waals surface area contributed by atoms with Crippen LogP contribution in [0.15, 0.2) is 24.3 Å². The fourth-order valence-electron chi connectivity index (χ4n) is 4.15. The van der Waals surface area contributed by atoms with Crippen LogP contribution in [-0.2, 0) is 4.79 Å². The highest BCUT2D eigenvalue weighted by atomic mass is 35.5. The van der Waals surface area contributed by atoms with Crippen LogP contribution in [0.25, 0.3) is 0 Å². The number of fused-ring (bicyclic) bond motifs is 2. The maximum absolute atomic E-state index is 12.3. The Bertz CT molecular complexity index is 588. The molecule has 1 saturated carbocycles. The minimum absolute atomic E-state index is 0.0974. The van der Waals surface area contributed by atoms with Gasteiger partial charge in [-0.1, -0.05) is 17.7 Å². The van der Waals surface area contributed by atoms with Gasteiger partial charge >= 0.3 is 0 Å². The van der Waals surface area contributed by atoms with E-state index < -0.39 is 0 Å². The van der Waals surface area contributed by atoms with Gasteiger partial charge in [0.15, 0.2) is 0 Å². The normalized spacial score (nSPS) is 27.3. The zero-order chi connectivity index (χ0) is 15.8. The first kappa shape index (κ1) is 15.3. The topological polar surface area (TPSA) is 32.8 Å². The Hall–Kier alpha value is -1.26. The summed E-state index contributed by atoms with van der Waals surface area (Å²) in [5, 5.41) is 0.676. The second-order valence-electron chi connectivity index (χ2n) is 7.07. The van der Waals surface area contributed by atoms with E-state index >= 15 is 0 Å². The summed E-state index contributed by atoms with van der Waals surface area (Å²) >= 11 is 5.95. The molecule has 2 atom stereocenters. The molecule has 3 aliphatic rings. The molecule has 2 bridgehead atoms. The van der Waals surface area contributed by atoms with Gasteiger partial charge in [-0.15, -0.1) is 0 Å². The lowest BCUT2D eigenvalue weighted by molar-refractivity contribution is -0.140. The lowest BCUT2D eigenvalue weighted by atomic mass is 10.1. The van der Waals surface area contributed by atoms with Gasteiger partial charge in [0, 0.05) is 30.6 Å². The Balaban J connectivity index is 1.18. The zero-order valence-corrected chi connectivity index (χ0v) is 14.0. The predicted octanol–water partition coefficient (Wildman–Crippen LogP) is 2.80. The zero-order valence-electron chi connectivity index (χ0n) is 13.3. The van der Waals surface area contributed by atoms with E-state index in [1.54, 1.807) is 0 Å². The largest absolute Gasteiger partial charge is 0.487 e. The Kier molecular flexibility index (Phi) is 4.20. The quantitative estimate of drug-likeness (QED) is 0.830. The average Bonchev–Trinajstić information content (AvgIpc) is 3.11. The number of hydrogen-bond acceptors (Lipinski definition) is 3. The molecule has 1 aromatic carbocycles. The number of carbonyl (C=O) groups excluding carboxylic acids is 1. The third-order valence-corrected chi connectivity index (χ3v) is 5.67. The standard InChI is InChI=1S/C18H23ClN2O2/c19-14-2-1-3-16(9-14)23-17-11-21(12-17)18(22)6-7-20-10-13-4-5-15(20)8-13/h1-3,9,13,15,17H,4-8,10-12H2/t13-,15+/m1/s1. The Morgan fingerprint density at radius 1 is 1.26 bits per heavy atom. The number of rotatable bonds is 5. The number of halogens is 1. The fourth-order valence-corrected chi connectivity index (χ4v) is 4.33. The lowest BCUT2D eigenvalue weighted by Gasteiger charge is -2.39. The lowest BCUT2D eigenvalue weighted by Crippen LogP contribution is -2.56. The van der Waals surface area contributed by atoms with Crippen LogP contribution in [0.5, 0.6) is 5.75 Å². The van der Waals surface area contributed by atoms with Crippen LogP contribution < -0.4 is 4.74 Å². The molecule has 1 aromatic rings. The van der Waals surface area contributed by atoms with Crippen molar-refractivity contribution in [2.45, 2.75) is 37.8 Å². The highest BCUT2D eigenvalue weighted by Crippen LogP contribution is 2.37. The minimum Gasteiger partial charge on any atom is -0.487 e. The molecule has 0 unspecified atom stereocenters. The molecule has 4 nitrogen and oxygen atoms in total. The van der Waals surface area contributed by atoms with E-state index in [-0.39, 0.29) is 12.0 Å². The van der Waals surface area contributed by atoms with E-state index in [2.05, 4.69) is 4.90 Å². The number of carbonyl (C=O) groups is 1. The van der Waals surface area contributed by atoms with Crippen LogP contribution in [0, 0.1) is 5.92 Å². The van der Waals surface area contributed by atoms with Crippen molar-refractivity contribution >= 4 is 17.5 Å². The third-order valence-electron chi connectivity index (χ3n) is 5.44. The van der Waals surface area contributed by atoms with Crippen molar-refractivity contribution in [3.63, 3.8) is 0 Å². The Morgan fingerprint density at radius 3 is 2.83 bits per heavy atom. The van der Waals surface area contributed by atoms with E-state index in [1.807, 2.05) is 29.2 Å². The molecule has 23 heavy (non-hydrogen) atoms. The van der Waals surface area contributed by atoms with Gasteiger partial charge in [0.1, 0.15) is 11.9 Å². The average molecular weight is 335 g/mol. The van der Waals surface area contributed by atoms with Gasteiger partial charge in [-0.25, -0.2) is 0 Å². The third kappa shape index (κ3) is 3.33. The first-order chi connectivity index (χ1) is 11.2. The first-order valence-corrected chi connectivity index (χ1v) is 8.99. The second kappa shape index (κ2) is 6.33. The number of likely N-dealkylation sites (tertiary alicyclic amines) is 2. The van der Waals surface area contributed by atoms with E-state index in [1.165, 1.54) is 25.8 Å². The SMILES string of the molecule is O=C(CCN1C[C@@H]2CC[C@H]1C2)N1CC(Oc2cccc(Cl)c2)C1. The van der Waals surface area contributed by atoms with Crippen LogP contribution >= 0.6 is 11.6 Å². The van der Waals surface area contributed by atoms with Crippen molar-refractivity contribution in [1.82, 2.24) is 9.80 Å². The van der Waals surface area contributed by atoms with Crippen LogP contribution in [0.2, 0.25) is 5.02 Å². The monoisotopic (exact) mass is 334 g/mol. The van der Waals surface area contributed by atoms with E-state index in [4.69, 9.17) is 16.3 Å². The maximum atomic E-state index is 12.3. The molecule has 2 aliphatic heterocycles. The van der Waals surface area contributed by atoms with E-state index in [0.717, 1.165) is 24.3 Å². The summed E-state index contributed by atoms with van der Waals surface area (Å²) in [4.78, 5) is 16.7. The van der Waals surface area contributed by atoms with Crippen molar-refractivity contribution in [1.29, 1.82) is 0 Å². The summed E-state index contributed by atoms with van der Waals surface area (Å²) < 4.78 is 5.84. The molecule has 1 amide bonds. The van der Waals surface area contributed by atoms with Crippen molar-refractivity contribution < 1.29 is 9.53 Å². The molecule has 5 heteroatoms. The molecule has 0 N–H and O–H groups in total. The number of piperidine rings is 1. The van der Waals surface area contributed by atoms with Gasteiger partial charge in [-0.2, -0.15) is 0 Å². The summed E-state index contributed by atoms with van der Waals surface area (Å²) in [7, 11) is 0. The second-order valence-corrected chi connectivity index (χ2v) is 7.51. The number of hydrogen-bond donors (Lipinski definition) is 0.